The first-order valence-corrected chi connectivity index (χ1v) is 24.4. The van der Waals surface area contributed by atoms with Crippen LogP contribution in [0.15, 0.2) is 48.6 Å². The van der Waals surface area contributed by atoms with Crippen molar-refractivity contribution in [3.63, 3.8) is 0 Å². The van der Waals surface area contributed by atoms with Crippen molar-refractivity contribution in [2.24, 2.45) is 0 Å². The van der Waals surface area contributed by atoms with Crippen LogP contribution >= 0.6 is 0 Å². The fraction of sp³-hybridized carbons (Fsp3) is 0.804. The summed E-state index contributed by atoms with van der Waals surface area (Å²) >= 11 is 0. The lowest BCUT2D eigenvalue weighted by molar-refractivity contribution is -0.151. The molecule has 0 aromatic heterocycles. The molecule has 0 aromatic rings. The van der Waals surface area contributed by atoms with Gasteiger partial charge in [-0.2, -0.15) is 0 Å². The maximum Gasteiger partial charge on any atom is 0.306 e. The molecule has 57 heavy (non-hydrogen) atoms. The first-order chi connectivity index (χ1) is 28.0. The molecular weight excluding hydrogens is 707 g/mol. The van der Waals surface area contributed by atoms with E-state index in [0.29, 0.717) is 19.3 Å². The van der Waals surface area contributed by atoms with E-state index in [4.69, 9.17) is 4.74 Å². The lowest BCUT2D eigenvalue weighted by Crippen LogP contribution is -2.46. The number of aliphatic hydroxyl groups is 2. The molecule has 6 heteroatoms. The van der Waals surface area contributed by atoms with Crippen molar-refractivity contribution in [3.8, 4) is 0 Å². The first-order valence-electron chi connectivity index (χ1n) is 24.4. The van der Waals surface area contributed by atoms with Crippen molar-refractivity contribution < 1.29 is 24.5 Å². The predicted octanol–water partition coefficient (Wildman–Crippen LogP) is 14.3. The van der Waals surface area contributed by atoms with Crippen molar-refractivity contribution >= 4 is 11.9 Å². The molecule has 6 nitrogen and oxygen atoms in total. The Kier molecular flexibility index (Phi) is 43.2. The number of amides is 1. The molecule has 3 unspecified atom stereocenters. The van der Waals surface area contributed by atoms with Crippen LogP contribution in [0.1, 0.15) is 239 Å². The summed E-state index contributed by atoms with van der Waals surface area (Å²) in [4.78, 5) is 26.0. The molecule has 0 saturated heterocycles. The summed E-state index contributed by atoms with van der Waals surface area (Å²) in [5, 5.41) is 23.6. The Morgan fingerprint density at radius 2 is 0.912 bits per heavy atom. The van der Waals surface area contributed by atoms with Crippen LogP contribution in [0.5, 0.6) is 0 Å². The summed E-state index contributed by atoms with van der Waals surface area (Å²) in [6, 6.07) is -0.712. The van der Waals surface area contributed by atoms with Crippen molar-refractivity contribution in [2.45, 2.75) is 257 Å². The molecule has 0 heterocycles. The molecule has 3 N–H and O–H groups in total. The highest BCUT2D eigenvalue weighted by atomic mass is 16.5. The van der Waals surface area contributed by atoms with Gasteiger partial charge in [0, 0.05) is 6.42 Å². The number of hydrogen-bond acceptors (Lipinski definition) is 5. The summed E-state index contributed by atoms with van der Waals surface area (Å²) < 4.78 is 5.89. The first kappa shape index (κ1) is 54.8. The molecule has 0 rings (SSSR count). The Morgan fingerprint density at radius 1 is 0.509 bits per heavy atom. The molecule has 0 spiro atoms. The summed E-state index contributed by atoms with van der Waals surface area (Å²) in [5.74, 6) is -0.528. The maximum atomic E-state index is 13.1. The molecule has 0 aliphatic rings. The third-order valence-corrected chi connectivity index (χ3v) is 10.9. The number of aliphatic hydroxyl groups excluding tert-OH is 2. The second kappa shape index (κ2) is 44.9. The van der Waals surface area contributed by atoms with E-state index < -0.39 is 18.2 Å². The van der Waals surface area contributed by atoms with Gasteiger partial charge in [0.05, 0.1) is 25.2 Å². The monoisotopic (exact) mass is 800 g/mol. The van der Waals surface area contributed by atoms with Crippen molar-refractivity contribution in [1.29, 1.82) is 0 Å². The van der Waals surface area contributed by atoms with Crippen LogP contribution in [0.3, 0.4) is 0 Å². The quantitative estimate of drug-likeness (QED) is 0.0324. The Hall–Kier alpha value is -2.18. The number of rotatable bonds is 43. The largest absolute Gasteiger partial charge is 0.462 e. The minimum absolute atomic E-state index is 0.0476. The molecule has 0 aliphatic carbocycles. The van der Waals surface area contributed by atoms with E-state index in [1.807, 2.05) is 0 Å². The van der Waals surface area contributed by atoms with E-state index >= 15 is 0 Å². The standard InChI is InChI=1S/C51H93NO5/c1-4-7-10-13-16-19-21-23-24-25-26-27-29-32-35-38-41-44-51(56)57-47(42-39-36-33-31-28-22-20-17-14-11-8-5-2)45-50(55)52-48(46-53)49(54)43-40-37-34-30-18-15-12-9-6-3/h16,19,23-24,26-27,31,33,47-49,53-54H,4-15,17-18,20-22,25,28-30,32,34-46H2,1-3H3,(H,52,55)/b19-16-,24-23-,27-26-,33-31-. The smallest absolute Gasteiger partial charge is 0.306 e. The van der Waals surface area contributed by atoms with E-state index in [2.05, 4.69) is 74.7 Å². The predicted molar refractivity (Wildman–Crippen MR) is 245 cm³/mol. The average Bonchev–Trinajstić information content (AvgIpc) is 3.20. The lowest BCUT2D eigenvalue weighted by Gasteiger charge is -2.24. The Morgan fingerprint density at radius 3 is 1.44 bits per heavy atom. The van der Waals surface area contributed by atoms with E-state index in [0.717, 1.165) is 83.5 Å². The number of allylic oxidation sites excluding steroid dienone is 8. The molecule has 332 valence electrons. The zero-order chi connectivity index (χ0) is 41.7. The van der Waals surface area contributed by atoms with Crippen molar-refractivity contribution in [2.75, 3.05) is 6.61 Å². The number of esters is 1. The number of carbonyl (C=O) groups is 2. The van der Waals surface area contributed by atoms with Crippen LogP contribution < -0.4 is 5.32 Å². The van der Waals surface area contributed by atoms with Crippen LogP contribution in [-0.4, -0.2) is 46.9 Å². The number of nitrogens with one attached hydrogen (secondary N) is 1. The van der Waals surface area contributed by atoms with Gasteiger partial charge in [0.15, 0.2) is 0 Å². The fourth-order valence-corrected chi connectivity index (χ4v) is 7.14. The SMILES string of the molecule is CCCCC/C=C\C/C=C\C/C=C\CCCCCCC(=O)OC(CCC/C=C\CCCCCCCCC)CC(=O)NC(CO)C(O)CCCCCCCCCCC. The second-order valence-electron chi connectivity index (χ2n) is 16.5. The van der Waals surface area contributed by atoms with Gasteiger partial charge in [-0.15, -0.1) is 0 Å². The summed E-state index contributed by atoms with van der Waals surface area (Å²) in [6.45, 7) is 6.41. The summed E-state index contributed by atoms with van der Waals surface area (Å²) in [6.07, 6.45) is 53.2. The average molecular weight is 800 g/mol. The van der Waals surface area contributed by atoms with E-state index in [9.17, 15) is 19.8 Å². The highest BCUT2D eigenvalue weighted by molar-refractivity contribution is 5.77. The lowest BCUT2D eigenvalue weighted by atomic mass is 10.0. The van der Waals surface area contributed by atoms with Crippen LogP contribution in [-0.2, 0) is 14.3 Å². The fourth-order valence-electron chi connectivity index (χ4n) is 7.14. The normalized spacial score (nSPS) is 13.7. The van der Waals surface area contributed by atoms with Crippen molar-refractivity contribution in [3.05, 3.63) is 48.6 Å². The molecule has 0 saturated carbocycles. The molecule has 0 aliphatic heterocycles. The van der Waals surface area contributed by atoms with Gasteiger partial charge < -0.3 is 20.3 Å². The number of hydrogen-bond donors (Lipinski definition) is 3. The summed E-state index contributed by atoms with van der Waals surface area (Å²) in [7, 11) is 0. The zero-order valence-corrected chi connectivity index (χ0v) is 37.7. The van der Waals surface area contributed by atoms with Gasteiger partial charge in [-0.3, -0.25) is 9.59 Å². The number of carbonyl (C=O) groups excluding carboxylic acids is 2. The van der Waals surface area contributed by atoms with E-state index in [1.54, 1.807) is 0 Å². The van der Waals surface area contributed by atoms with Crippen LogP contribution in [0.4, 0.5) is 0 Å². The van der Waals surface area contributed by atoms with Gasteiger partial charge in [-0.05, 0) is 83.5 Å². The van der Waals surface area contributed by atoms with Gasteiger partial charge in [-0.25, -0.2) is 0 Å². The molecule has 1 amide bonds. The van der Waals surface area contributed by atoms with Gasteiger partial charge in [0.2, 0.25) is 5.91 Å². The summed E-state index contributed by atoms with van der Waals surface area (Å²) in [5.41, 5.74) is 0. The highest BCUT2D eigenvalue weighted by Gasteiger charge is 2.24. The minimum Gasteiger partial charge on any atom is -0.462 e. The molecule has 3 atom stereocenters. The van der Waals surface area contributed by atoms with Crippen molar-refractivity contribution in [1.82, 2.24) is 5.32 Å². The zero-order valence-electron chi connectivity index (χ0n) is 37.7. The number of ether oxygens (including phenoxy) is 1. The van der Waals surface area contributed by atoms with Crippen LogP contribution in [0, 0.1) is 0 Å². The highest BCUT2D eigenvalue weighted by Crippen LogP contribution is 2.16. The molecule has 0 fully saturated rings. The van der Waals surface area contributed by atoms with E-state index in [1.165, 1.54) is 109 Å². The minimum atomic E-state index is -0.796. The van der Waals surface area contributed by atoms with Crippen LogP contribution in [0.2, 0.25) is 0 Å². The van der Waals surface area contributed by atoms with E-state index in [-0.39, 0.29) is 24.9 Å². The third kappa shape index (κ3) is 40.4. The van der Waals surface area contributed by atoms with Crippen LogP contribution in [0.25, 0.3) is 0 Å². The number of unbranched alkanes of at least 4 members (excludes halogenated alkanes) is 23. The van der Waals surface area contributed by atoms with Gasteiger partial charge >= 0.3 is 5.97 Å². The van der Waals surface area contributed by atoms with Gasteiger partial charge in [0.1, 0.15) is 6.10 Å². The topological polar surface area (TPSA) is 95.9 Å². The second-order valence-corrected chi connectivity index (χ2v) is 16.5. The van der Waals surface area contributed by atoms with Gasteiger partial charge in [-0.1, -0.05) is 191 Å². The Labute approximate surface area is 353 Å². The third-order valence-electron chi connectivity index (χ3n) is 10.9. The molecule has 0 radical (unpaired) electrons. The molecular formula is C51H93NO5. The van der Waals surface area contributed by atoms with Gasteiger partial charge in [0.25, 0.3) is 0 Å². The Bertz CT molecular complexity index is 988. The maximum absolute atomic E-state index is 13.1. The molecule has 0 aromatic carbocycles. The Balaban J connectivity index is 4.63. The molecule has 0 bridgehead atoms.